The zero-order valence-corrected chi connectivity index (χ0v) is 17.1. The summed E-state index contributed by atoms with van der Waals surface area (Å²) in [6.07, 6.45) is 9.80. The molecule has 0 spiro atoms. The first-order valence-electron chi connectivity index (χ1n) is 9.92. The van der Waals surface area contributed by atoms with E-state index in [4.69, 9.17) is 11.6 Å². The van der Waals surface area contributed by atoms with Crippen LogP contribution in [0.15, 0.2) is 17.4 Å². The largest absolute Gasteiger partial charge is 0.352 e. The van der Waals surface area contributed by atoms with Gasteiger partial charge in [0.05, 0.1) is 16.3 Å². The highest BCUT2D eigenvalue weighted by Gasteiger charge is 2.53. The van der Waals surface area contributed by atoms with Gasteiger partial charge in [-0.2, -0.15) is 0 Å². The van der Waals surface area contributed by atoms with Gasteiger partial charge in [0.15, 0.2) is 10.8 Å². The number of H-pyrrole nitrogens is 1. The van der Waals surface area contributed by atoms with Crippen molar-refractivity contribution in [1.29, 1.82) is 0 Å². The molecule has 1 amide bonds. The highest BCUT2D eigenvalue weighted by atomic mass is 35.5. The third kappa shape index (κ3) is 3.35. The Bertz CT molecular complexity index is 847. The number of pyridine rings is 1. The number of nitrogens with one attached hydrogen (secondary N) is 2. The number of nitrogens with zero attached hydrogens (tertiary/aromatic N) is 2. The molecule has 5 nitrogen and oxygen atoms in total. The van der Waals surface area contributed by atoms with Crippen molar-refractivity contribution in [1.82, 2.24) is 20.3 Å². The molecule has 144 valence electrons. The van der Waals surface area contributed by atoms with Crippen molar-refractivity contribution < 1.29 is 4.79 Å². The molecule has 2 heterocycles. The van der Waals surface area contributed by atoms with E-state index in [0.29, 0.717) is 27.0 Å². The van der Waals surface area contributed by atoms with Crippen LogP contribution < -0.4 is 5.32 Å². The van der Waals surface area contributed by atoms with Gasteiger partial charge in [-0.15, -0.1) is 0 Å². The van der Waals surface area contributed by atoms with Crippen LogP contribution in [0.1, 0.15) is 45.4 Å². The van der Waals surface area contributed by atoms with Gasteiger partial charge in [0.2, 0.25) is 5.91 Å². The summed E-state index contributed by atoms with van der Waals surface area (Å²) in [6, 6.07) is 2.06. The molecule has 6 rings (SSSR count). The van der Waals surface area contributed by atoms with E-state index < -0.39 is 0 Å². The number of aromatic amines is 1. The highest BCUT2D eigenvalue weighted by molar-refractivity contribution is 7.99. The van der Waals surface area contributed by atoms with Gasteiger partial charge in [0, 0.05) is 12.2 Å². The fourth-order valence-electron chi connectivity index (χ4n) is 6.20. The summed E-state index contributed by atoms with van der Waals surface area (Å²) < 4.78 is 0. The van der Waals surface area contributed by atoms with Crippen LogP contribution in [0.3, 0.4) is 0 Å². The predicted molar refractivity (Wildman–Crippen MR) is 108 cm³/mol. The summed E-state index contributed by atoms with van der Waals surface area (Å²) in [4.78, 5) is 24.4. The zero-order chi connectivity index (χ0) is 18.6. The molecule has 4 aliphatic rings. The van der Waals surface area contributed by atoms with Crippen LogP contribution >= 0.6 is 23.4 Å². The average Bonchev–Trinajstić information content (AvgIpc) is 3.01. The number of imidazole rings is 1. The second kappa shape index (κ2) is 6.66. The summed E-state index contributed by atoms with van der Waals surface area (Å²) in [6.45, 7) is 2.23. The number of thioether (sulfide) groups is 1. The van der Waals surface area contributed by atoms with Gasteiger partial charge in [0.1, 0.15) is 0 Å². The van der Waals surface area contributed by atoms with E-state index in [1.54, 1.807) is 12.3 Å². The summed E-state index contributed by atoms with van der Waals surface area (Å²) in [7, 11) is 0. The molecule has 27 heavy (non-hydrogen) atoms. The molecule has 2 N–H and O–H groups in total. The van der Waals surface area contributed by atoms with Crippen molar-refractivity contribution in [2.24, 2.45) is 23.2 Å². The van der Waals surface area contributed by atoms with Crippen molar-refractivity contribution >= 4 is 40.4 Å². The molecule has 2 aromatic rings. The Morgan fingerprint density at radius 1 is 1.33 bits per heavy atom. The Morgan fingerprint density at radius 3 is 2.67 bits per heavy atom. The van der Waals surface area contributed by atoms with Crippen LogP contribution in [0.4, 0.5) is 0 Å². The lowest BCUT2D eigenvalue weighted by molar-refractivity contribution is -0.123. The molecule has 0 saturated heterocycles. The molecule has 1 atom stereocenters. The van der Waals surface area contributed by atoms with E-state index in [1.807, 2.05) is 0 Å². The number of rotatable bonds is 5. The van der Waals surface area contributed by atoms with Gasteiger partial charge in [0.25, 0.3) is 0 Å². The maximum absolute atomic E-state index is 12.6. The van der Waals surface area contributed by atoms with E-state index in [1.165, 1.54) is 50.3 Å². The lowest BCUT2D eigenvalue weighted by atomic mass is 9.48. The minimum absolute atomic E-state index is 0.0923. The number of carbonyl (C=O) groups is 1. The first-order chi connectivity index (χ1) is 13.0. The molecule has 7 heteroatoms. The highest BCUT2D eigenvalue weighted by Crippen LogP contribution is 2.61. The smallest absolute Gasteiger partial charge is 0.230 e. The Morgan fingerprint density at radius 2 is 2.00 bits per heavy atom. The van der Waals surface area contributed by atoms with Crippen LogP contribution in [0.5, 0.6) is 0 Å². The number of halogens is 1. The van der Waals surface area contributed by atoms with E-state index in [0.717, 1.165) is 23.3 Å². The number of hydrogen-bond acceptors (Lipinski definition) is 4. The molecular formula is C20H25ClN4OS. The normalized spacial score (nSPS) is 32.7. The molecule has 4 fully saturated rings. The third-order valence-corrected chi connectivity index (χ3v) is 8.08. The summed E-state index contributed by atoms with van der Waals surface area (Å²) in [5, 5.41) is 4.59. The molecule has 2 aromatic heterocycles. The van der Waals surface area contributed by atoms with E-state index >= 15 is 0 Å². The van der Waals surface area contributed by atoms with Gasteiger partial charge < -0.3 is 10.3 Å². The molecule has 0 unspecified atom stereocenters. The van der Waals surface area contributed by atoms with Crippen LogP contribution in [0, 0.1) is 23.2 Å². The number of fused-ring (bicyclic) bond motifs is 1. The van der Waals surface area contributed by atoms with Gasteiger partial charge in [-0.3, -0.25) is 4.79 Å². The van der Waals surface area contributed by atoms with Gasteiger partial charge in [-0.25, -0.2) is 9.97 Å². The standard InChI is InChI=1S/C20H25ClN4OS/c1-11(20-6-12-2-13(7-20)4-14(3-12)8-20)23-17(26)10-27-19-24-16-5-15(21)9-22-18(16)25-19/h5,9,11-14H,2-4,6-8,10H2,1H3,(H,23,26)(H,22,24,25)/t11-,12?,13?,14?,20?/m1/s1. The maximum atomic E-state index is 12.6. The Labute approximate surface area is 168 Å². The first-order valence-corrected chi connectivity index (χ1v) is 11.3. The quantitative estimate of drug-likeness (QED) is 0.723. The van der Waals surface area contributed by atoms with Crippen LogP contribution in [0.25, 0.3) is 11.2 Å². The average molecular weight is 405 g/mol. The van der Waals surface area contributed by atoms with Crippen molar-refractivity contribution in [3.05, 3.63) is 17.3 Å². The fraction of sp³-hybridized carbons (Fsp3) is 0.650. The second-order valence-corrected chi connectivity index (χ2v) is 10.3. The van der Waals surface area contributed by atoms with Gasteiger partial charge >= 0.3 is 0 Å². The molecule has 4 aliphatic carbocycles. The zero-order valence-electron chi connectivity index (χ0n) is 15.5. The maximum Gasteiger partial charge on any atom is 0.230 e. The van der Waals surface area contributed by atoms with Crippen LogP contribution in [-0.2, 0) is 4.79 Å². The van der Waals surface area contributed by atoms with Crippen molar-refractivity contribution in [2.75, 3.05) is 5.75 Å². The summed E-state index contributed by atoms with van der Waals surface area (Å²) >= 11 is 7.38. The predicted octanol–water partition coefficient (Wildman–Crippen LogP) is 4.42. The lowest BCUT2D eigenvalue weighted by Crippen LogP contribution is -2.56. The minimum Gasteiger partial charge on any atom is -0.352 e. The van der Waals surface area contributed by atoms with Crippen molar-refractivity contribution in [2.45, 2.75) is 56.6 Å². The molecule has 0 radical (unpaired) electrons. The number of amides is 1. The topological polar surface area (TPSA) is 70.7 Å². The number of carbonyl (C=O) groups excluding carboxylic acids is 1. The van der Waals surface area contributed by atoms with Crippen LogP contribution in [-0.4, -0.2) is 32.7 Å². The molecule has 0 aromatic carbocycles. The molecular weight excluding hydrogens is 380 g/mol. The molecule has 4 bridgehead atoms. The Kier molecular flexibility index (Phi) is 4.39. The number of aromatic nitrogens is 3. The minimum atomic E-state index is 0.0923. The summed E-state index contributed by atoms with van der Waals surface area (Å²) in [5.74, 6) is 3.17. The fourth-order valence-corrected chi connectivity index (χ4v) is 7.04. The Hall–Kier alpha value is -1.27. The van der Waals surface area contributed by atoms with Gasteiger partial charge in [-0.1, -0.05) is 23.4 Å². The lowest BCUT2D eigenvalue weighted by Gasteiger charge is -2.59. The molecule has 0 aliphatic heterocycles. The van der Waals surface area contributed by atoms with E-state index in [9.17, 15) is 4.79 Å². The van der Waals surface area contributed by atoms with Crippen molar-refractivity contribution in [3.8, 4) is 0 Å². The Balaban J connectivity index is 1.20. The summed E-state index contributed by atoms with van der Waals surface area (Å²) in [5.41, 5.74) is 1.77. The first kappa shape index (κ1) is 17.8. The SMILES string of the molecule is C[C@@H](NC(=O)CSc1nc2ncc(Cl)cc2[nH]1)C12CC3CC(CC(C3)C1)C2. The van der Waals surface area contributed by atoms with Crippen molar-refractivity contribution in [3.63, 3.8) is 0 Å². The third-order valence-electron chi connectivity index (χ3n) is 7.00. The molecule has 4 saturated carbocycles. The van der Waals surface area contributed by atoms with Gasteiger partial charge in [-0.05, 0) is 74.7 Å². The van der Waals surface area contributed by atoms with E-state index in [2.05, 4.69) is 27.2 Å². The number of hydrogen-bond donors (Lipinski definition) is 2. The van der Waals surface area contributed by atoms with Crippen LogP contribution in [0.2, 0.25) is 5.02 Å². The van der Waals surface area contributed by atoms with E-state index in [-0.39, 0.29) is 11.9 Å². The second-order valence-electron chi connectivity index (χ2n) is 8.92. The monoisotopic (exact) mass is 404 g/mol.